The second-order valence-corrected chi connectivity index (χ2v) is 5.12. The molecule has 2 heterocycles. The van der Waals surface area contributed by atoms with Crippen LogP contribution < -0.4 is 0 Å². The van der Waals surface area contributed by atoms with Crippen LogP contribution in [-0.4, -0.2) is 20.4 Å². The first-order chi connectivity index (χ1) is 9.72. The summed E-state index contributed by atoms with van der Waals surface area (Å²) in [5.41, 5.74) is 2.05. The molecule has 0 fully saturated rings. The Kier molecular flexibility index (Phi) is 3.51. The third kappa shape index (κ3) is 2.72. The Morgan fingerprint density at radius 1 is 1.00 bits per heavy atom. The van der Waals surface area contributed by atoms with Gasteiger partial charge in [0.1, 0.15) is 0 Å². The highest BCUT2D eigenvalue weighted by Gasteiger charge is 2.12. The first kappa shape index (κ1) is 12.9. The molecule has 7 heteroatoms. The zero-order chi connectivity index (χ0) is 13.9. The summed E-state index contributed by atoms with van der Waals surface area (Å²) in [5.74, 6) is 2.10. The number of rotatable bonds is 4. The van der Waals surface area contributed by atoms with Gasteiger partial charge in [-0.2, -0.15) is 0 Å². The van der Waals surface area contributed by atoms with Gasteiger partial charge in [-0.25, -0.2) is 0 Å². The third-order valence-electron chi connectivity index (χ3n) is 2.67. The van der Waals surface area contributed by atoms with E-state index in [1.165, 1.54) is 11.8 Å². The summed E-state index contributed by atoms with van der Waals surface area (Å²) in [5, 5.41) is 16.3. The first-order valence-electron chi connectivity index (χ1n) is 6.03. The molecule has 6 nitrogen and oxygen atoms in total. The molecule has 0 aliphatic carbocycles. The fourth-order valence-electron chi connectivity index (χ4n) is 1.69. The van der Waals surface area contributed by atoms with Crippen molar-refractivity contribution in [2.45, 2.75) is 24.8 Å². The van der Waals surface area contributed by atoms with Crippen molar-refractivity contribution >= 4 is 11.8 Å². The number of hydrogen-bond acceptors (Lipinski definition) is 7. The van der Waals surface area contributed by atoms with Crippen molar-refractivity contribution in [1.82, 2.24) is 20.4 Å². The fraction of sp³-hybridized carbons (Fsp3) is 0.231. The molecule has 0 aliphatic heterocycles. The van der Waals surface area contributed by atoms with Crippen LogP contribution in [0.15, 0.2) is 38.3 Å². The van der Waals surface area contributed by atoms with Crippen molar-refractivity contribution in [3.05, 3.63) is 41.6 Å². The lowest BCUT2D eigenvalue weighted by atomic mass is 10.1. The van der Waals surface area contributed by atoms with Gasteiger partial charge in [-0.3, -0.25) is 0 Å². The maximum absolute atomic E-state index is 5.65. The van der Waals surface area contributed by atoms with Gasteiger partial charge in [-0.05, 0) is 18.6 Å². The fourth-order valence-corrected chi connectivity index (χ4v) is 2.34. The highest BCUT2D eigenvalue weighted by Crippen LogP contribution is 2.25. The van der Waals surface area contributed by atoms with Gasteiger partial charge < -0.3 is 8.83 Å². The zero-order valence-electron chi connectivity index (χ0n) is 11.0. The Morgan fingerprint density at radius 2 is 1.85 bits per heavy atom. The molecule has 0 saturated heterocycles. The van der Waals surface area contributed by atoms with Crippen molar-refractivity contribution in [3.8, 4) is 11.5 Å². The van der Waals surface area contributed by atoms with Gasteiger partial charge in [0.15, 0.2) is 0 Å². The number of nitrogens with zero attached hydrogens (tertiary/aromatic N) is 4. The van der Waals surface area contributed by atoms with Crippen molar-refractivity contribution in [2.24, 2.45) is 0 Å². The molecule has 102 valence electrons. The van der Waals surface area contributed by atoms with Gasteiger partial charge in [0, 0.05) is 12.5 Å². The summed E-state index contributed by atoms with van der Waals surface area (Å²) in [4.78, 5) is 0. The summed E-state index contributed by atoms with van der Waals surface area (Å²) in [7, 11) is 0. The van der Waals surface area contributed by atoms with Gasteiger partial charge >= 0.3 is 0 Å². The molecule has 3 rings (SSSR count). The molecule has 0 N–H and O–H groups in total. The minimum atomic E-state index is 0.498. The molecule has 0 unspecified atom stereocenters. The standard InChI is InChI=1S/C13H12N4O2S/c1-8-5-3-4-6-10(8)12-16-15-11(19-12)7-20-13-17-14-9(2)18-13/h3-6H,7H2,1-2H3. The summed E-state index contributed by atoms with van der Waals surface area (Å²) >= 11 is 1.37. The molecule has 0 bridgehead atoms. The third-order valence-corrected chi connectivity index (χ3v) is 3.47. The largest absolute Gasteiger partial charge is 0.420 e. The molecule has 0 radical (unpaired) electrons. The van der Waals surface area contributed by atoms with Gasteiger partial charge in [0.2, 0.25) is 17.7 Å². The van der Waals surface area contributed by atoms with Crippen LogP contribution in [0, 0.1) is 13.8 Å². The monoisotopic (exact) mass is 288 g/mol. The topological polar surface area (TPSA) is 77.8 Å². The Morgan fingerprint density at radius 3 is 2.60 bits per heavy atom. The summed E-state index contributed by atoms with van der Waals surface area (Å²) < 4.78 is 10.9. The summed E-state index contributed by atoms with van der Waals surface area (Å²) in [6.45, 7) is 3.76. The molecule has 0 aliphatic rings. The van der Waals surface area contributed by atoms with Crippen molar-refractivity contribution in [3.63, 3.8) is 0 Å². The lowest BCUT2D eigenvalue weighted by Gasteiger charge is -1.98. The van der Waals surface area contributed by atoms with Crippen LogP contribution in [0.25, 0.3) is 11.5 Å². The maximum Gasteiger partial charge on any atom is 0.277 e. The van der Waals surface area contributed by atoms with Crippen molar-refractivity contribution in [2.75, 3.05) is 0 Å². The average molecular weight is 288 g/mol. The van der Waals surface area contributed by atoms with E-state index in [0.717, 1.165) is 11.1 Å². The maximum atomic E-state index is 5.65. The van der Waals surface area contributed by atoms with E-state index in [-0.39, 0.29) is 0 Å². The summed E-state index contributed by atoms with van der Waals surface area (Å²) in [6.07, 6.45) is 0. The predicted octanol–water partition coefficient (Wildman–Crippen LogP) is 3.03. The van der Waals surface area contributed by atoms with E-state index in [1.54, 1.807) is 6.92 Å². The van der Waals surface area contributed by atoms with Crippen LogP contribution in [-0.2, 0) is 5.75 Å². The second-order valence-electron chi connectivity index (χ2n) is 4.19. The quantitative estimate of drug-likeness (QED) is 0.683. The Labute approximate surface area is 119 Å². The van der Waals surface area contributed by atoms with Gasteiger partial charge in [-0.15, -0.1) is 20.4 Å². The average Bonchev–Trinajstić information content (AvgIpc) is 3.06. The molecule has 0 spiro atoms. The van der Waals surface area contributed by atoms with Crippen LogP contribution in [0.2, 0.25) is 0 Å². The molecule has 3 aromatic rings. The molecule has 0 amide bonds. The minimum absolute atomic E-state index is 0.498. The smallest absolute Gasteiger partial charge is 0.277 e. The predicted molar refractivity (Wildman–Crippen MR) is 73.1 cm³/mol. The van der Waals surface area contributed by atoms with E-state index >= 15 is 0 Å². The van der Waals surface area contributed by atoms with Gasteiger partial charge in [-0.1, -0.05) is 30.0 Å². The van der Waals surface area contributed by atoms with Crippen LogP contribution in [0.1, 0.15) is 17.3 Å². The Bertz CT molecular complexity index is 722. The molecular formula is C13H12N4O2S. The molecular weight excluding hydrogens is 276 g/mol. The van der Waals surface area contributed by atoms with E-state index in [4.69, 9.17) is 8.83 Å². The van der Waals surface area contributed by atoms with Gasteiger partial charge in [0.25, 0.3) is 5.22 Å². The van der Waals surface area contributed by atoms with Crippen LogP contribution in [0.3, 0.4) is 0 Å². The van der Waals surface area contributed by atoms with Crippen LogP contribution in [0.4, 0.5) is 0 Å². The number of benzene rings is 1. The van der Waals surface area contributed by atoms with E-state index in [1.807, 2.05) is 31.2 Å². The number of hydrogen-bond donors (Lipinski definition) is 0. The molecule has 2 aromatic heterocycles. The minimum Gasteiger partial charge on any atom is -0.420 e. The molecule has 1 aromatic carbocycles. The summed E-state index contributed by atoms with van der Waals surface area (Å²) in [6, 6.07) is 7.89. The van der Waals surface area contributed by atoms with E-state index in [0.29, 0.717) is 28.6 Å². The van der Waals surface area contributed by atoms with E-state index in [2.05, 4.69) is 20.4 Å². The Balaban J connectivity index is 1.72. The molecule has 0 atom stereocenters. The number of thioether (sulfide) groups is 1. The molecule has 0 saturated carbocycles. The lowest BCUT2D eigenvalue weighted by Crippen LogP contribution is -1.81. The Hall–Kier alpha value is -2.15. The molecule has 20 heavy (non-hydrogen) atoms. The first-order valence-corrected chi connectivity index (χ1v) is 7.02. The van der Waals surface area contributed by atoms with Crippen molar-refractivity contribution in [1.29, 1.82) is 0 Å². The second kappa shape index (κ2) is 5.46. The lowest BCUT2D eigenvalue weighted by molar-refractivity contribution is 0.428. The normalized spacial score (nSPS) is 10.9. The van der Waals surface area contributed by atoms with Gasteiger partial charge in [0.05, 0.1) is 5.75 Å². The van der Waals surface area contributed by atoms with E-state index < -0.39 is 0 Å². The van der Waals surface area contributed by atoms with E-state index in [9.17, 15) is 0 Å². The van der Waals surface area contributed by atoms with Crippen molar-refractivity contribution < 1.29 is 8.83 Å². The number of aromatic nitrogens is 4. The van der Waals surface area contributed by atoms with Crippen LogP contribution >= 0.6 is 11.8 Å². The SMILES string of the molecule is Cc1nnc(SCc2nnc(-c3ccccc3C)o2)o1. The van der Waals surface area contributed by atoms with Crippen LogP contribution in [0.5, 0.6) is 0 Å². The highest BCUT2D eigenvalue weighted by atomic mass is 32.2. The highest BCUT2D eigenvalue weighted by molar-refractivity contribution is 7.98. The number of aryl methyl sites for hydroxylation is 2. The zero-order valence-corrected chi connectivity index (χ0v) is 11.8.